The summed E-state index contributed by atoms with van der Waals surface area (Å²) in [6, 6.07) is 4.30. The van der Waals surface area contributed by atoms with Crippen molar-refractivity contribution in [3.05, 3.63) is 11.1 Å². The van der Waals surface area contributed by atoms with E-state index in [-0.39, 0.29) is 31.5 Å². The highest BCUT2D eigenvalue weighted by molar-refractivity contribution is 6.00. The monoisotopic (exact) mass is 330 g/mol. The summed E-state index contributed by atoms with van der Waals surface area (Å²) in [5, 5.41) is 18.7. The van der Waals surface area contributed by atoms with E-state index in [0.29, 0.717) is 18.4 Å². The second-order valence-corrected chi connectivity index (χ2v) is 6.42. The van der Waals surface area contributed by atoms with E-state index in [2.05, 4.69) is 12.1 Å². The number of ether oxygens (including phenoxy) is 2. The molecule has 0 amide bonds. The predicted octanol–water partition coefficient (Wildman–Crippen LogP) is 2.51. The number of hydrogen-bond acceptors (Lipinski definition) is 6. The van der Waals surface area contributed by atoms with E-state index in [0.717, 1.165) is 5.57 Å². The quantitative estimate of drug-likeness (QED) is 0.580. The first-order valence-electron chi connectivity index (χ1n) is 8.29. The van der Waals surface area contributed by atoms with Crippen molar-refractivity contribution in [1.82, 2.24) is 0 Å². The summed E-state index contributed by atoms with van der Waals surface area (Å²) in [5.41, 5.74) is -0.0360. The highest BCUT2D eigenvalue weighted by Crippen LogP contribution is 2.55. The smallest absolute Gasteiger partial charge is 0.323 e. The van der Waals surface area contributed by atoms with Gasteiger partial charge in [0.05, 0.1) is 31.3 Å². The largest absolute Gasteiger partial charge is 0.465 e. The Kier molecular flexibility index (Phi) is 5.29. The van der Waals surface area contributed by atoms with Crippen LogP contribution in [0.3, 0.4) is 0 Å². The van der Waals surface area contributed by atoms with Crippen molar-refractivity contribution in [3.8, 4) is 12.1 Å². The molecular weight excluding hydrogens is 308 g/mol. The Bertz CT molecular complexity index is 635. The Morgan fingerprint density at radius 1 is 1.17 bits per heavy atom. The van der Waals surface area contributed by atoms with Crippen LogP contribution in [-0.4, -0.2) is 25.2 Å². The average Bonchev–Trinajstić information content (AvgIpc) is 2.96. The molecule has 24 heavy (non-hydrogen) atoms. The van der Waals surface area contributed by atoms with E-state index in [1.54, 1.807) is 13.8 Å². The molecule has 0 aromatic heterocycles. The number of esters is 2. The van der Waals surface area contributed by atoms with Gasteiger partial charge in [-0.15, -0.1) is 0 Å². The molecule has 0 N–H and O–H groups in total. The molecule has 0 aromatic carbocycles. The lowest BCUT2D eigenvalue weighted by Gasteiger charge is -2.29. The van der Waals surface area contributed by atoms with Crippen LogP contribution in [-0.2, 0) is 19.1 Å². The van der Waals surface area contributed by atoms with Crippen LogP contribution < -0.4 is 0 Å². The maximum atomic E-state index is 12.6. The third-order valence-corrected chi connectivity index (χ3v) is 5.22. The molecule has 0 radical (unpaired) electrons. The van der Waals surface area contributed by atoms with Crippen LogP contribution in [0.1, 0.15) is 40.0 Å². The summed E-state index contributed by atoms with van der Waals surface area (Å²) in [7, 11) is 0. The number of allylic oxidation sites excluding steroid dienone is 2. The van der Waals surface area contributed by atoms with Crippen molar-refractivity contribution in [2.24, 2.45) is 23.2 Å². The Morgan fingerprint density at radius 3 is 2.21 bits per heavy atom. The number of carbonyl (C=O) groups is 2. The molecule has 1 unspecified atom stereocenters. The van der Waals surface area contributed by atoms with Gasteiger partial charge in [0.2, 0.25) is 0 Å². The first kappa shape index (κ1) is 18.0. The van der Waals surface area contributed by atoms with Gasteiger partial charge in [-0.1, -0.05) is 5.57 Å². The van der Waals surface area contributed by atoms with Crippen LogP contribution >= 0.6 is 0 Å². The summed E-state index contributed by atoms with van der Waals surface area (Å²) in [5.74, 6) is -1.66. The molecule has 6 nitrogen and oxygen atoms in total. The third-order valence-electron chi connectivity index (χ3n) is 5.22. The van der Waals surface area contributed by atoms with Crippen molar-refractivity contribution in [3.63, 3.8) is 0 Å². The topological polar surface area (TPSA) is 100 Å². The molecule has 0 bridgehead atoms. The molecule has 0 aromatic rings. The Labute approximate surface area is 142 Å². The molecule has 2 aliphatic carbocycles. The summed E-state index contributed by atoms with van der Waals surface area (Å²) in [6.45, 7) is 5.60. The molecular formula is C18H22N2O4. The summed E-state index contributed by atoms with van der Waals surface area (Å²) >= 11 is 0. The summed E-state index contributed by atoms with van der Waals surface area (Å²) in [6.07, 6.45) is 1.08. The molecule has 1 fully saturated rings. The number of rotatable bonds is 4. The molecule has 1 saturated carbocycles. The lowest BCUT2D eigenvalue weighted by atomic mass is 9.73. The van der Waals surface area contributed by atoms with E-state index in [1.165, 1.54) is 0 Å². The number of hydrogen-bond donors (Lipinski definition) is 0. The van der Waals surface area contributed by atoms with Gasteiger partial charge < -0.3 is 9.47 Å². The molecule has 6 heteroatoms. The van der Waals surface area contributed by atoms with Crippen LogP contribution in [0.5, 0.6) is 0 Å². The zero-order valence-electron chi connectivity index (χ0n) is 14.3. The molecule has 0 saturated heterocycles. The van der Waals surface area contributed by atoms with Gasteiger partial charge in [0.25, 0.3) is 0 Å². The van der Waals surface area contributed by atoms with Crippen LogP contribution in [0, 0.1) is 45.8 Å². The third kappa shape index (κ3) is 2.78. The van der Waals surface area contributed by atoms with Crippen molar-refractivity contribution < 1.29 is 19.1 Å². The predicted molar refractivity (Wildman–Crippen MR) is 83.9 cm³/mol. The SMILES string of the molecule is CCOC(=O)C1(C(=O)OCC)C[C@H]2CC(C#N)C(C#N)=C(C)[C@@H]2C1. The lowest BCUT2D eigenvalue weighted by molar-refractivity contribution is -0.172. The Balaban J connectivity index is 2.42. The highest BCUT2D eigenvalue weighted by Gasteiger charge is 2.59. The van der Waals surface area contributed by atoms with E-state index in [4.69, 9.17) is 9.47 Å². The molecule has 2 rings (SSSR count). The first-order chi connectivity index (χ1) is 11.4. The maximum absolute atomic E-state index is 12.6. The average molecular weight is 330 g/mol. The summed E-state index contributed by atoms with van der Waals surface area (Å²) in [4.78, 5) is 25.1. The summed E-state index contributed by atoms with van der Waals surface area (Å²) < 4.78 is 10.3. The van der Waals surface area contributed by atoms with Gasteiger partial charge in [-0.2, -0.15) is 10.5 Å². The minimum absolute atomic E-state index is 0.000521. The van der Waals surface area contributed by atoms with E-state index in [9.17, 15) is 20.1 Å². The van der Waals surface area contributed by atoms with Crippen LogP contribution in [0.15, 0.2) is 11.1 Å². The molecule has 0 heterocycles. The van der Waals surface area contributed by atoms with Gasteiger partial charge in [0, 0.05) is 5.57 Å². The van der Waals surface area contributed by atoms with Crippen molar-refractivity contribution in [2.75, 3.05) is 13.2 Å². The second-order valence-electron chi connectivity index (χ2n) is 6.42. The lowest BCUT2D eigenvalue weighted by Crippen LogP contribution is -2.40. The van der Waals surface area contributed by atoms with Gasteiger partial charge in [-0.3, -0.25) is 9.59 Å². The van der Waals surface area contributed by atoms with Gasteiger partial charge in [-0.25, -0.2) is 0 Å². The number of carbonyl (C=O) groups excluding carboxylic acids is 2. The zero-order valence-corrected chi connectivity index (χ0v) is 14.3. The minimum atomic E-state index is -1.33. The normalized spacial score (nSPS) is 27.6. The van der Waals surface area contributed by atoms with E-state index < -0.39 is 23.3 Å². The zero-order chi connectivity index (χ0) is 17.9. The standard InChI is InChI=1S/C18H22N2O4/c1-4-23-16(21)18(17(22)24-5-2)7-12-6-13(9-19)15(10-20)11(3)14(12)8-18/h12-14H,4-8H2,1-3H3/t12-,13?,14+/m1/s1. The van der Waals surface area contributed by atoms with E-state index >= 15 is 0 Å². The fraction of sp³-hybridized carbons (Fsp3) is 0.667. The second kappa shape index (κ2) is 7.05. The minimum Gasteiger partial charge on any atom is -0.465 e. The van der Waals surface area contributed by atoms with Gasteiger partial charge >= 0.3 is 11.9 Å². The number of nitrogens with zero attached hydrogens (tertiary/aromatic N) is 2. The molecule has 2 aliphatic rings. The fourth-order valence-corrected chi connectivity index (χ4v) is 4.10. The number of fused-ring (bicyclic) bond motifs is 1. The van der Waals surface area contributed by atoms with E-state index in [1.807, 2.05) is 6.92 Å². The van der Waals surface area contributed by atoms with Crippen LogP contribution in [0.25, 0.3) is 0 Å². The fourth-order valence-electron chi connectivity index (χ4n) is 4.10. The van der Waals surface area contributed by atoms with Gasteiger partial charge in [-0.05, 0) is 51.9 Å². The first-order valence-corrected chi connectivity index (χ1v) is 8.29. The van der Waals surface area contributed by atoms with Gasteiger partial charge in [0.1, 0.15) is 0 Å². The maximum Gasteiger partial charge on any atom is 0.323 e. The Morgan fingerprint density at radius 2 is 1.75 bits per heavy atom. The van der Waals surface area contributed by atoms with Gasteiger partial charge in [0.15, 0.2) is 5.41 Å². The van der Waals surface area contributed by atoms with Crippen molar-refractivity contribution in [2.45, 2.75) is 40.0 Å². The molecule has 128 valence electrons. The van der Waals surface area contributed by atoms with Crippen LogP contribution in [0.4, 0.5) is 0 Å². The van der Waals surface area contributed by atoms with Crippen LogP contribution in [0.2, 0.25) is 0 Å². The molecule has 0 aliphatic heterocycles. The molecule has 3 atom stereocenters. The number of nitriles is 2. The molecule has 0 spiro atoms. The van der Waals surface area contributed by atoms with Crippen molar-refractivity contribution >= 4 is 11.9 Å². The highest BCUT2D eigenvalue weighted by atomic mass is 16.6. The Hall–Kier alpha value is -2.34. The van der Waals surface area contributed by atoms with Crippen molar-refractivity contribution in [1.29, 1.82) is 10.5 Å².